The minimum atomic E-state index is -0.221. The van der Waals surface area contributed by atoms with Crippen molar-refractivity contribution in [3.05, 3.63) is 59.7 Å². The molecule has 1 fully saturated rings. The number of nitrogens with one attached hydrogen (secondary N) is 1. The summed E-state index contributed by atoms with van der Waals surface area (Å²) in [5.41, 5.74) is 2.74. The van der Waals surface area contributed by atoms with Crippen LogP contribution in [0.1, 0.15) is 28.4 Å². The van der Waals surface area contributed by atoms with Gasteiger partial charge in [0.05, 0.1) is 19.6 Å². The summed E-state index contributed by atoms with van der Waals surface area (Å²) >= 11 is 0. The molecule has 0 radical (unpaired) electrons. The summed E-state index contributed by atoms with van der Waals surface area (Å²) in [6.07, 6.45) is 0.311. The van der Waals surface area contributed by atoms with Crippen LogP contribution in [0.25, 0.3) is 0 Å². The first-order valence-corrected chi connectivity index (χ1v) is 9.22. The number of nitrogens with zero attached hydrogens (tertiary/aromatic N) is 2. The molecule has 4 rings (SSSR count). The number of hydrogen-bond donors (Lipinski definition) is 1. The highest BCUT2D eigenvalue weighted by Crippen LogP contribution is 2.28. The Balaban J connectivity index is 1.34. The van der Waals surface area contributed by atoms with Crippen molar-refractivity contribution in [3.63, 3.8) is 0 Å². The zero-order valence-corrected chi connectivity index (χ0v) is 15.4. The fourth-order valence-electron chi connectivity index (χ4n) is 3.79. The topological polar surface area (TPSA) is 61.9 Å². The molecule has 0 unspecified atom stereocenters. The molecule has 2 heterocycles. The largest absolute Gasteiger partial charge is 0.497 e. The molecule has 2 aliphatic heterocycles. The highest BCUT2D eigenvalue weighted by Gasteiger charge is 2.31. The van der Waals surface area contributed by atoms with Gasteiger partial charge in [-0.05, 0) is 35.9 Å². The lowest BCUT2D eigenvalue weighted by Gasteiger charge is -2.36. The van der Waals surface area contributed by atoms with Crippen LogP contribution in [0.2, 0.25) is 0 Å². The molecule has 1 saturated heterocycles. The van der Waals surface area contributed by atoms with E-state index in [4.69, 9.17) is 4.74 Å². The van der Waals surface area contributed by atoms with E-state index in [0.29, 0.717) is 25.1 Å². The van der Waals surface area contributed by atoms with Crippen molar-refractivity contribution >= 4 is 17.5 Å². The highest BCUT2D eigenvalue weighted by molar-refractivity contribution is 5.99. The standard InChI is InChI=1S/C21H23N3O3/c1-27-16-8-6-15(7-9-16)23-10-12-24(13-11-23)20(25)14-19-17-4-2-3-5-18(17)21(26)22-19/h2-9,19H,10-14H2,1H3,(H,22,26)/t19-/m1/s1. The van der Waals surface area contributed by atoms with Crippen molar-refractivity contribution in [1.29, 1.82) is 0 Å². The third-order valence-electron chi connectivity index (χ3n) is 5.33. The first kappa shape index (κ1) is 17.4. The lowest BCUT2D eigenvalue weighted by Crippen LogP contribution is -2.49. The molecule has 2 aliphatic rings. The number of rotatable bonds is 4. The maximum atomic E-state index is 12.7. The second-order valence-corrected chi connectivity index (χ2v) is 6.88. The first-order valence-electron chi connectivity index (χ1n) is 9.22. The summed E-state index contributed by atoms with van der Waals surface area (Å²) in [4.78, 5) is 28.9. The number of ether oxygens (including phenoxy) is 1. The van der Waals surface area contributed by atoms with Crippen molar-refractivity contribution in [1.82, 2.24) is 10.2 Å². The van der Waals surface area contributed by atoms with Crippen molar-refractivity contribution in [2.24, 2.45) is 0 Å². The van der Waals surface area contributed by atoms with Crippen LogP contribution in [0.4, 0.5) is 5.69 Å². The van der Waals surface area contributed by atoms with Crippen LogP contribution in [-0.2, 0) is 4.79 Å². The molecule has 1 N–H and O–H groups in total. The van der Waals surface area contributed by atoms with Crippen LogP contribution in [0.3, 0.4) is 0 Å². The maximum absolute atomic E-state index is 12.7. The number of anilines is 1. The summed E-state index contributed by atoms with van der Waals surface area (Å²) in [7, 11) is 1.66. The van der Waals surface area contributed by atoms with Crippen LogP contribution in [0.15, 0.2) is 48.5 Å². The number of carbonyl (C=O) groups is 2. The lowest BCUT2D eigenvalue weighted by molar-refractivity contribution is -0.132. The van der Waals surface area contributed by atoms with Crippen molar-refractivity contribution in [3.8, 4) is 5.75 Å². The van der Waals surface area contributed by atoms with Gasteiger partial charge in [-0.2, -0.15) is 0 Å². The van der Waals surface area contributed by atoms with Gasteiger partial charge >= 0.3 is 0 Å². The predicted molar refractivity (Wildman–Crippen MR) is 103 cm³/mol. The molecular weight excluding hydrogens is 342 g/mol. The van der Waals surface area contributed by atoms with E-state index < -0.39 is 0 Å². The molecule has 0 spiro atoms. The third kappa shape index (κ3) is 3.47. The summed E-state index contributed by atoms with van der Waals surface area (Å²) in [6.45, 7) is 2.97. The summed E-state index contributed by atoms with van der Waals surface area (Å²) in [6, 6.07) is 15.3. The molecule has 27 heavy (non-hydrogen) atoms. The Labute approximate surface area is 158 Å². The predicted octanol–water partition coefficient (Wildman–Crippen LogP) is 2.22. The molecule has 0 aliphatic carbocycles. The number of methoxy groups -OCH3 is 1. The van der Waals surface area contributed by atoms with Crippen LogP contribution in [-0.4, -0.2) is 50.0 Å². The van der Waals surface area contributed by atoms with E-state index in [2.05, 4.69) is 10.2 Å². The molecule has 2 aromatic rings. The minimum absolute atomic E-state index is 0.0892. The minimum Gasteiger partial charge on any atom is -0.497 e. The highest BCUT2D eigenvalue weighted by atomic mass is 16.5. The molecule has 140 valence electrons. The van der Waals surface area contributed by atoms with E-state index in [1.54, 1.807) is 7.11 Å². The Morgan fingerprint density at radius 3 is 2.48 bits per heavy atom. The van der Waals surface area contributed by atoms with Crippen LogP contribution < -0.4 is 15.0 Å². The fourth-order valence-corrected chi connectivity index (χ4v) is 3.79. The number of carbonyl (C=O) groups excluding carboxylic acids is 2. The van der Waals surface area contributed by atoms with Gasteiger partial charge in [0.1, 0.15) is 5.75 Å². The average Bonchev–Trinajstić information content (AvgIpc) is 3.04. The molecule has 6 nitrogen and oxygen atoms in total. The summed E-state index contributed by atoms with van der Waals surface area (Å²) in [5.74, 6) is 0.838. The van der Waals surface area contributed by atoms with Gasteiger partial charge in [-0.25, -0.2) is 0 Å². The van der Waals surface area contributed by atoms with E-state index in [1.165, 1.54) is 0 Å². The number of piperazine rings is 1. The Bertz CT molecular complexity index is 842. The average molecular weight is 365 g/mol. The number of fused-ring (bicyclic) bond motifs is 1. The first-order chi connectivity index (χ1) is 13.2. The fraction of sp³-hybridized carbons (Fsp3) is 0.333. The molecular formula is C21H23N3O3. The lowest BCUT2D eigenvalue weighted by atomic mass is 10.0. The van der Waals surface area contributed by atoms with E-state index in [9.17, 15) is 9.59 Å². The summed E-state index contributed by atoms with van der Waals surface area (Å²) < 4.78 is 5.20. The SMILES string of the molecule is COc1ccc(N2CCN(C(=O)C[C@H]3NC(=O)c4ccccc43)CC2)cc1. The monoisotopic (exact) mass is 365 g/mol. The van der Waals surface area contributed by atoms with Gasteiger partial charge in [0.2, 0.25) is 5.91 Å². The normalized spacial score (nSPS) is 18.9. The smallest absolute Gasteiger partial charge is 0.252 e. The Hall–Kier alpha value is -3.02. The Morgan fingerprint density at radius 2 is 1.78 bits per heavy atom. The van der Waals surface area contributed by atoms with E-state index in [-0.39, 0.29) is 17.9 Å². The Kier molecular flexibility index (Phi) is 4.71. The van der Waals surface area contributed by atoms with Gasteiger partial charge in [0.15, 0.2) is 0 Å². The van der Waals surface area contributed by atoms with Gasteiger partial charge in [-0.1, -0.05) is 18.2 Å². The van der Waals surface area contributed by atoms with Gasteiger partial charge in [0.25, 0.3) is 5.91 Å². The van der Waals surface area contributed by atoms with Crippen LogP contribution in [0.5, 0.6) is 5.75 Å². The van der Waals surface area contributed by atoms with Crippen molar-refractivity contribution in [2.75, 3.05) is 38.2 Å². The number of amides is 2. The molecule has 0 saturated carbocycles. The van der Waals surface area contributed by atoms with Gasteiger partial charge < -0.3 is 19.9 Å². The zero-order chi connectivity index (χ0) is 18.8. The Morgan fingerprint density at radius 1 is 1.07 bits per heavy atom. The van der Waals surface area contributed by atoms with Gasteiger partial charge in [0, 0.05) is 37.4 Å². The van der Waals surface area contributed by atoms with E-state index in [0.717, 1.165) is 30.1 Å². The van der Waals surface area contributed by atoms with Crippen LogP contribution >= 0.6 is 0 Å². The second-order valence-electron chi connectivity index (χ2n) is 6.88. The molecule has 1 atom stereocenters. The third-order valence-corrected chi connectivity index (χ3v) is 5.33. The zero-order valence-electron chi connectivity index (χ0n) is 15.4. The van der Waals surface area contributed by atoms with E-state index >= 15 is 0 Å². The van der Waals surface area contributed by atoms with Gasteiger partial charge in [-0.3, -0.25) is 9.59 Å². The number of benzene rings is 2. The van der Waals surface area contributed by atoms with Crippen molar-refractivity contribution in [2.45, 2.75) is 12.5 Å². The quantitative estimate of drug-likeness (QED) is 0.903. The van der Waals surface area contributed by atoms with Gasteiger partial charge in [-0.15, -0.1) is 0 Å². The van der Waals surface area contributed by atoms with E-state index in [1.807, 2.05) is 53.4 Å². The second kappa shape index (κ2) is 7.31. The summed E-state index contributed by atoms with van der Waals surface area (Å²) in [5, 5.41) is 2.93. The van der Waals surface area contributed by atoms with Crippen LogP contribution in [0, 0.1) is 0 Å². The molecule has 6 heteroatoms. The maximum Gasteiger partial charge on any atom is 0.252 e. The molecule has 2 aromatic carbocycles. The molecule has 0 aromatic heterocycles. The molecule has 0 bridgehead atoms. The van der Waals surface area contributed by atoms with Crippen molar-refractivity contribution < 1.29 is 14.3 Å². The molecule has 2 amide bonds. The number of hydrogen-bond acceptors (Lipinski definition) is 4.